The van der Waals surface area contributed by atoms with Crippen LogP contribution in [-0.4, -0.2) is 39.8 Å². The molecule has 0 aromatic heterocycles. The van der Waals surface area contributed by atoms with E-state index in [-0.39, 0.29) is 12.5 Å². The van der Waals surface area contributed by atoms with Crippen LogP contribution in [0.15, 0.2) is 36.4 Å². The lowest BCUT2D eigenvalue weighted by molar-refractivity contribution is -0.114. The van der Waals surface area contributed by atoms with E-state index < -0.39 is 5.97 Å². The summed E-state index contributed by atoms with van der Waals surface area (Å²) in [5.74, 6) is 0.446. The minimum Gasteiger partial charge on any atom is -0.493 e. The average Bonchev–Trinajstić information content (AvgIpc) is 2.66. The fourth-order valence-corrected chi connectivity index (χ4v) is 2.35. The number of hydrogen-bond donors (Lipinski definition) is 2. The maximum absolute atomic E-state index is 12.2. The minimum atomic E-state index is -0.428. The highest BCUT2D eigenvalue weighted by Crippen LogP contribution is 2.29. The Morgan fingerprint density at radius 2 is 1.69 bits per heavy atom. The summed E-state index contributed by atoms with van der Waals surface area (Å²) in [5, 5.41) is 5.81. The first-order valence-corrected chi connectivity index (χ1v) is 7.93. The van der Waals surface area contributed by atoms with E-state index in [0.29, 0.717) is 28.4 Å². The molecule has 0 atom stereocenters. The van der Waals surface area contributed by atoms with E-state index in [4.69, 9.17) is 14.2 Å². The predicted octanol–water partition coefficient (Wildman–Crippen LogP) is 2.85. The third-order valence-electron chi connectivity index (χ3n) is 3.77. The van der Waals surface area contributed by atoms with Gasteiger partial charge in [-0.15, -0.1) is 0 Å². The van der Waals surface area contributed by atoms with E-state index in [2.05, 4.69) is 10.6 Å². The molecule has 0 fully saturated rings. The summed E-state index contributed by atoms with van der Waals surface area (Å²) in [7, 11) is 4.40. The third kappa shape index (κ3) is 4.66. The molecule has 2 rings (SSSR count). The van der Waals surface area contributed by atoms with Gasteiger partial charge in [0.2, 0.25) is 5.91 Å². The number of nitrogens with one attached hydrogen (secondary N) is 2. The largest absolute Gasteiger partial charge is 0.493 e. The van der Waals surface area contributed by atoms with Crippen LogP contribution in [-0.2, 0) is 9.53 Å². The van der Waals surface area contributed by atoms with E-state index in [0.717, 1.165) is 5.56 Å². The van der Waals surface area contributed by atoms with Crippen molar-refractivity contribution < 1.29 is 23.8 Å². The van der Waals surface area contributed by atoms with Gasteiger partial charge in [-0.25, -0.2) is 4.79 Å². The third-order valence-corrected chi connectivity index (χ3v) is 3.77. The normalized spacial score (nSPS) is 10.0. The van der Waals surface area contributed by atoms with Crippen LogP contribution in [0.5, 0.6) is 11.5 Å². The Hall–Kier alpha value is -3.22. The van der Waals surface area contributed by atoms with E-state index in [1.54, 1.807) is 43.5 Å². The van der Waals surface area contributed by atoms with E-state index in [9.17, 15) is 9.59 Å². The molecule has 0 unspecified atom stereocenters. The van der Waals surface area contributed by atoms with Crippen molar-refractivity contribution in [2.24, 2.45) is 0 Å². The van der Waals surface area contributed by atoms with Crippen molar-refractivity contribution in [3.05, 3.63) is 47.5 Å². The zero-order valence-electron chi connectivity index (χ0n) is 15.2. The summed E-state index contributed by atoms with van der Waals surface area (Å²) in [6, 6.07) is 10.2. The Morgan fingerprint density at radius 1 is 0.962 bits per heavy atom. The van der Waals surface area contributed by atoms with Gasteiger partial charge in [0.25, 0.3) is 0 Å². The van der Waals surface area contributed by atoms with Crippen LogP contribution in [0.2, 0.25) is 0 Å². The smallest absolute Gasteiger partial charge is 0.337 e. The van der Waals surface area contributed by atoms with Gasteiger partial charge in [0, 0.05) is 17.4 Å². The van der Waals surface area contributed by atoms with Gasteiger partial charge in [0.15, 0.2) is 11.5 Å². The van der Waals surface area contributed by atoms with Crippen LogP contribution >= 0.6 is 0 Å². The van der Waals surface area contributed by atoms with Gasteiger partial charge < -0.3 is 24.8 Å². The maximum Gasteiger partial charge on any atom is 0.337 e. The lowest BCUT2D eigenvalue weighted by Gasteiger charge is -2.13. The number of amides is 1. The number of esters is 1. The fraction of sp³-hybridized carbons (Fsp3) is 0.263. The quantitative estimate of drug-likeness (QED) is 0.740. The monoisotopic (exact) mass is 358 g/mol. The molecule has 7 nitrogen and oxygen atoms in total. The summed E-state index contributed by atoms with van der Waals surface area (Å²) < 4.78 is 15.1. The Balaban J connectivity index is 2.02. The molecule has 0 saturated heterocycles. The van der Waals surface area contributed by atoms with Gasteiger partial charge in [0.1, 0.15) is 0 Å². The van der Waals surface area contributed by atoms with Gasteiger partial charge in [-0.05, 0) is 36.8 Å². The minimum absolute atomic E-state index is 0.0415. The molecule has 0 aliphatic heterocycles. The summed E-state index contributed by atoms with van der Waals surface area (Å²) in [6.45, 7) is 1.93. The molecular formula is C19H22N2O5. The number of methoxy groups -OCH3 is 3. The molecule has 0 bridgehead atoms. The lowest BCUT2D eigenvalue weighted by Crippen LogP contribution is -2.22. The van der Waals surface area contributed by atoms with Crippen molar-refractivity contribution in [1.82, 2.24) is 0 Å². The predicted molar refractivity (Wildman–Crippen MR) is 99.2 cm³/mol. The van der Waals surface area contributed by atoms with E-state index in [1.165, 1.54) is 14.2 Å². The number of carbonyl (C=O) groups excluding carboxylic acids is 2. The van der Waals surface area contributed by atoms with Gasteiger partial charge in [-0.1, -0.05) is 6.07 Å². The summed E-state index contributed by atoms with van der Waals surface area (Å²) in [6.07, 6.45) is 0. The number of ether oxygens (including phenoxy) is 3. The standard InChI is InChI=1S/C19H22N2O5/c1-12-5-6-13(19(23)26-4)9-15(12)20-11-18(22)21-14-7-8-16(24-2)17(10-14)25-3/h5-10,20H,11H2,1-4H3,(H,21,22). The zero-order chi connectivity index (χ0) is 19.1. The summed E-state index contributed by atoms with van der Waals surface area (Å²) >= 11 is 0. The van der Waals surface area contributed by atoms with Crippen LogP contribution in [0.4, 0.5) is 11.4 Å². The summed E-state index contributed by atoms with van der Waals surface area (Å²) in [4.78, 5) is 23.8. The van der Waals surface area contributed by atoms with Gasteiger partial charge in [0.05, 0.1) is 33.4 Å². The van der Waals surface area contributed by atoms with Crippen LogP contribution in [0.1, 0.15) is 15.9 Å². The van der Waals surface area contributed by atoms with E-state index >= 15 is 0 Å². The molecule has 138 valence electrons. The molecule has 26 heavy (non-hydrogen) atoms. The fourth-order valence-electron chi connectivity index (χ4n) is 2.35. The number of hydrogen-bond acceptors (Lipinski definition) is 6. The highest BCUT2D eigenvalue weighted by molar-refractivity contribution is 5.95. The van der Waals surface area contributed by atoms with Crippen LogP contribution in [0, 0.1) is 6.92 Å². The van der Waals surface area contributed by atoms with Gasteiger partial charge >= 0.3 is 5.97 Å². The molecule has 0 heterocycles. The van der Waals surface area contributed by atoms with Crippen LogP contribution < -0.4 is 20.1 Å². The molecule has 2 aromatic rings. The van der Waals surface area contributed by atoms with Crippen molar-refractivity contribution in [1.29, 1.82) is 0 Å². The Morgan fingerprint density at radius 3 is 2.35 bits per heavy atom. The lowest BCUT2D eigenvalue weighted by atomic mass is 10.1. The highest BCUT2D eigenvalue weighted by atomic mass is 16.5. The molecule has 0 spiro atoms. The molecule has 2 aromatic carbocycles. The summed E-state index contributed by atoms with van der Waals surface area (Å²) in [5.41, 5.74) is 2.61. The van der Waals surface area contributed by atoms with Crippen molar-refractivity contribution in [3.63, 3.8) is 0 Å². The van der Waals surface area contributed by atoms with Crippen LogP contribution in [0.3, 0.4) is 0 Å². The number of carbonyl (C=O) groups is 2. The Labute approximate surface area is 152 Å². The number of anilines is 2. The topological polar surface area (TPSA) is 85.9 Å². The molecule has 0 aliphatic carbocycles. The van der Waals surface area contributed by atoms with E-state index in [1.807, 2.05) is 6.92 Å². The second-order valence-corrected chi connectivity index (χ2v) is 5.49. The molecule has 1 amide bonds. The second kappa shape index (κ2) is 8.75. The van der Waals surface area contributed by atoms with Crippen LogP contribution in [0.25, 0.3) is 0 Å². The maximum atomic E-state index is 12.2. The van der Waals surface area contributed by atoms with Crippen molar-refractivity contribution in [2.45, 2.75) is 6.92 Å². The second-order valence-electron chi connectivity index (χ2n) is 5.49. The Bertz CT molecular complexity index is 805. The molecule has 0 saturated carbocycles. The molecule has 0 aliphatic rings. The highest BCUT2D eigenvalue weighted by Gasteiger charge is 2.10. The zero-order valence-corrected chi connectivity index (χ0v) is 15.2. The Kier molecular flexibility index (Phi) is 6.43. The first kappa shape index (κ1) is 19.1. The molecule has 0 radical (unpaired) electrons. The number of rotatable bonds is 7. The molecule has 2 N–H and O–H groups in total. The number of benzene rings is 2. The number of aryl methyl sites for hydroxylation is 1. The van der Waals surface area contributed by atoms with Gasteiger partial charge in [-0.3, -0.25) is 4.79 Å². The SMILES string of the molecule is COC(=O)c1ccc(C)c(NCC(=O)Nc2ccc(OC)c(OC)c2)c1. The van der Waals surface area contributed by atoms with Crippen molar-refractivity contribution in [3.8, 4) is 11.5 Å². The van der Waals surface area contributed by atoms with Crippen molar-refractivity contribution in [2.75, 3.05) is 38.5 Å². The van der Waals surface area contributed by atoms with Crippen molar-refractivity contribution >= 4 is 23.3 Å². The van der Waals surface area contributed by atoms with Gasteiger partial charge in [-0.2, -0.15) is 0 Å². The first-order valence-electron chi connectivity index (χ1n) is 7.93. The molecule has 7 heteroatoms. The molecular weight excluding hydrogens is 336 g/mol. The first-order chi connectivity index (χ1) is 12.5. The average molecular weight is 358 g/mol.